The quantitative estimate of drug-likeness (QED) is 0.918. The predicted octanol–water partition coefficient (Wildman–Crippen LogP) is 3.31. The minimum atomic E-state index is -0.0472. The van der Waals surface area contributed by atoms with E-state index in [-0.39, 0.29) is 12.0 Å². The molecule has 1 N–H and O–H groups in total. The van der Waals surface area contributed by atoms with Crippen molar-refractivity contribution >= 4 is 16.5 Å². The van der Waals surface area contributed by atoms with Crippen molar-refractivity contribution in [3.8, 4) is 6.07 Å². The van der Waals surface area contributed by atoms with Gasteiger partial charge in [0, 0.05) is 34.5 Å². The lowest BCUT2D eigenvalue weighted by molar-refractivity contribution is 0.159. The van der Waals surface area contributed by atoms with E-state index in [1.165, 1.54) is 0 Å². The van der Waals surface area contributed by atoms with Crippen molar-refractivity contribution in [1.29, 1.82) is 5.26 Å². The van der Waals surface area contributed by atoms with Gasteiger partial charge < -0.3 is 10.0 Å². The van der Waals surface area contributed by atoms with E-state index in [1.807, 2.05) is 30.3 Å². The van der Waals surface area contributed by atoms with Gasteiger partial charge in [-0.25, -0.2) is 0 Å². The third-order valence-corrected chi connectivity index (χ3v) is 4.58. The summed E-state index contributed by atoms with van der Waals surface area (Å²) in [6.45, 7) is 5.39. The number of hydrogen-bond acceptors (Lipinski definition) is 3. The van der Waals surface area contributed by atoms with Crippen molar-refractivity contribution in [3.63, 3.8) is 0 Å². The molecular formula is C18H20N2O. The fraction of sp³-hybridized carbons (Fsp3) is 0.389. The second-order valence-corrected chi connectivity index (χ2v) is 6.44. The second kappa shape index (κ2) is 5.05. The van der Waals surface area contributed by atoms with Gasteiger partial charge in [0.25, 0.3) is 0 Å². The molecule has 3 heteroatoms. The third kappa shape index (κ3) is 2.26. The highest BCUT2D eigenvalue weighted by molar-refractivity contribution is 5.98. The first-order valence-electron chi connectivity index (χ1n) is 7.37. The van der Waals surface area contributed by atoms with Crippen molar-refractivity contribution in [2.75, 3.05) is 18.1 Å². The van der Waals surface area contributed by atoms with Crippen LogP contribution in [-0.2, 0) is 0 Å². The summed E-state index contributed by atoms with van der Waals surface area (Å²) in [5.41, 5.74) is 1.83. The monoisotopic (exact) mass is 280 g/mol. The molecule has 2 aromatic rings. The van der Waals surface area contributed by atoms with Gasteiger partial charge in [0.2, 0.25) is 0 Å². The van der Waals surface area contributed by atoms with Crippen LogP contribution in [0.5, 0.6) is 0 Å². The molecule has 2 aromatic carbocycles. The maximum atomic E-state index is 9.63. The van der Waals surface area contributed by atoms with E-state index in [1.54, 1.807) is 0 Å². The largest absolute Gasteiger partial charge is 0.396 e. The highest BCUT2D eigenvalue weighted by Gasteiger charge is 2.38. The van der Waals surface area contributed by atoms with Gasteiger partial charge in [-0.15, -0.1) is 0 Å². The predicted molar refractivity (Wildman–Crippen MR) is 85.3 cm³/mol. The third-order valence-electron chi connectivity index (χ3n) is 4.58. The molecule has 1 aliphatic heterocycles. The fourth-order valence-electron chi connectivity index (χ4n) is 3.52. The van der Waals surface area contributed by atoms with Crippen LogP contribution < -0.4 is 4.90 Å². The van der Waals surface area contributed by atoms with Crippen molar-refractivity contribution in [1.82, 2.24) is 0 Å². The zero-order valence-corrected chi connectivity index (χ0v) is 12.5. The fourth-order valence-corrected chi connectivity index (χ4v) is 3.52. The number of hydrogen-bond donors (Lipinski definition) is 1. The number of nitrogens with zero attached hydrogens (tertiary/aromatic N) is 2. The standard InChI is InChI=1S/C18H20N2O/c1-13-9-18(2,12-21)11-20(13)17-8-7-14(10-19)15-5-3-4-6-16(15)17/h3-8,13,21H,9,11-12H2,1-2H3. The van der Waals surface area contributed by atoms with E-state index >= 15 is 0 Å². The lowest BCUT2D eigenvalue weighted by Crippen LogP contribution is -2.29. The SMILES string of the molecule is CC1CC(C)(CO)CN1c1ccc(C#N)c2ccccc12. The molecule has 108 valence electrons. The molecule has 0 aliphatic carbocycles. The molecule has 0 amide bonds. The molecule has 1 aliphatic rings. The van der Waals surface area contributed by atoms with Crippen LogP contribution in [0.15, 0.2) is 36.4 Å². The maximum absolute atomic E-state index is 9.63. The zero-order valence-electron chi connectivity index (χ0n) is 12.5. The summed E-state index contributed by atoms with van der Waals surface area (Å²) in [5, 5.41) is 21.0. The van der Waals surface area contributed by atoms with E-state index in [0.29, 0.717) is 11.6 Å². The molecule has 0 bridgehead atoms. The number of aliphatic hydroxyl groups excluding tert-OH is 1. The van der Waals surface area contributed by atoms with Gasteiger partial charge in [0.15, 0.2) is 0 Å². The molecule has 2 unspecified atom stereocenters. The molecule has 0 radical (unpaired) electrons. The molecule has 0 saturated carbocycles. The molecule has 1 heterocycles. The number of aliphatic hydroxyl groups is 1. The summed E-state index contributed by atoms with van der Waals surface area (Å²) in [6.07, 6.45) is 0.984. The Morgan fingerprint density at radius 1 is 1.29 bits per heavy atom. The van der Waals surface area contributed by atoms with Crippen LogP contribution in [0.3, 0.4) is 0 Å². The normalized spacial score (nSPS) is 25.2. The van der Waals surface area contributed by atoms with Gasteiger partial charge in [-0.1, -0.05) is 31.2 Å². The van der Waals surface area contributed by atoms with Gasteiger partial charge in [-0.05, 0) is 25.5 Å². The first kappa shape index (κ1) is 13.9. The average molecular weight is 280 g/mol. The molecule has 3 nitrogen and oxygen atoms in total. The molecular weight excluding hydrogens is 260 g/mol. The lowest BCUT2D eigenvalue weighted by Gasteiger charge is -2.27. The van der Waals surface area contributed by atoms with E-state index < -0.39 is 0 Å². The zero-order chi connectivity index (χ0) is 15.0. The smallest absolute Gasteiger partial charge is 0.0998 e. The van der Waals surface area contributed by atoms with Crippen molar-refractivity contribution in [2.24, 2.45) is 5.41 Å². The Balaban J connectivity index is 2.12. The van der Waals surface area contributed by atoms with Gasteiger partial charge >= 0.3 is 0 Å². The summed E-state index contributed by atoms with van der Waals surface area (Å²) >= 11 is 0. The highest BCUT2D eigenvalue weighted by atomic mass is 16.3. The average Bonchev–Trinajstić information content (AvgIpc) is 2.82. The Labute approximate surface area is 125 Å². The van der Waals surface area contributed by atoms with Crippen LogP contribution in [0.4, 0.5) is 5.69 Å². The number of fused-ring (bicyclic) bond motifs is 1. The van der Waals surface area contributed by atoms with E-state index in [0.717, 1.165) is 29.4 Å². The topological polar surface area (TPSA) is 47.3 Å². The minimum Gasteiger partial charge on any atom is -0.396 e. The van der Waals surface area contributed by atoms with Gasteiger partial charge in [-0.3, -0.25) is 0 Å². The number of anilines is 1. The first-order valence-corrected chi connectivity index (χ1v) is 7.37. The molecule has 1 fully saturated rings. The molecule has 21 heavy (non-hydrogen) atoms. The Bertz CT molecular complexity index is 719. The van der Waals surface area contributed by atoms with Gasteiger partial charge in [-0.2, -0.15) is 5.26 Å². The molecule has 0 spiro atoms. The van der Waals surface area contributed by atoms with Crippen molar-refractivity contribution < 1.29 is 5.11 Å². The number of benzene rings is 2. The van der Waals surface area contributed by atoms with Gasteiger partial charge in [0.05, 0.1) is 18.2 Å². The minimum absolute atomic E-state index is 0.0472. The van der Waals surface area contributed by atoms with E-state index in [9.17, 15) is 10.4 Å². The highest BCUT2D eigenvalue weighted by Crippen LogP contribution is 2.40. The Hall–Kier alpha value is -2.05. The summed E-state index contributed by atoms with van der Waals surface area (Å²) in [6, 6.07) is 14.7. The number of nitriles is 1. The van der Waals surface area contributed by atoms with E-state index in [2.05, 4.69) is 30.9 Å². The van der Waals surface area contributed by atoms with Crippen LogP contribution in [0, 0.1) is 16.7 Å². The van der Waals surface area contributed by atoms with Crippen molar-refractivity contribution in [2.45, 2.75) is 26.3 Å². The summed E-state index contributed by atoms with van der Waals surface area (Å²) in [7, 11) is 0. The lowest BCUT2D eigenvalue weighted by atomic mass is 9.89. The van der Waals surface area contributed by atoms with Crippen LogP contribution in [-0.4, -0.2) is 24.3 Å². The first-order chi connectivity index (χ1) is 10.1. The van der Waals surface area contributed by atoms with E-state index in [4.69, 9.17) is 0 Å². The van der Waals surface area contributed by atoms with Crippen LogP contribution in [0.2, 0.25) is 0 Å². The molecule has 0 aromatic heterocycles. The maximum Gasteiger partial charge on any atom is 0.0998 e. The Kier molecular flexibility index (Phi) is 3.35. The number of rotatable bonds is 2. The molecule has 3 rings (SSSR count). The second-order valence-electron chi connectivity index (χ2n) is 6.44. The van der Waals surface area contributed by atoms with Gasteiger partial charge in [0.1, 0.15) is 0 Å². The summed E-state index contributed by atoms with van der Waals surface area (Å²) in [5.74, 6) is 0. The van der Waals surface area contributed by atoms with Crippen LogP contribution in [0.1, 0.15) is 25.8 Å². The van der Waals surface area contributed by atoms with Crippen LogP contribution in [0.25, 0.3) is 10.8 Å². The Morgan fingerprint density at radius 2 is 2.00 bits per heavy atom. The Morgan fingerprint density at radius 3 is 2.62 bits per heavy atom. The summed E-state index contributed by atoms with van der Waals surface area (Å²) < 4.78 is 0. The van der Waals surface area contributed by atoms with Crippen LogP contribution >= 0.6 is 0 Å². The molecule has 2 atom stereocenters. The molecule has 1 saturated heterocycles. The van der Waals surface area contributed by atoms with Crippen molar-refractivity contribution in [3.05, 3.63) is 42.0 Å². The summed E-state index contributed by atoms with van der Waals surface area (Å²) in [4.78, 5) is 2.36.